The smallest absolute Gasteiger partial charge is 0.323 e. The molecule has 5 nitrogen and oxygen atoms in total. The second kappa shape index (κ2) is 5.63. The van der Waals surface area contributed by atoms with Crippen molar-refractivity contribution in [3.8, 4) is 0 Å². The third-order valence-electron chi connectivity index (χ3n) is 1.96. The molecule has 0 radical (unpaired) electrons. The molecule has 1 aromatic rings. The van der Waals surface area contributed by atoms with Gasteiger partial charge in [-0.15, -0.1) is 0 Å². The van der Waals surface area contributed by atoms with Crippen LogP contribution < -0.4 is 5.32 Å². The highest BCUT2D eigenvalue weighted by atomic mass is 35.5. The summed E-state index contributed by atoms with van der Waals surface area (Å²) in [5.74, 6) is -3.15. The third-order valence-corrected chi connectivity index (χ3v) is 2.26. The highest BCUT2D eigenvalue weighted by Gasteiger charge is 2.17. The molecule has 0 aliphatic rings. The Morgan fingerprint density at radius 1 is 1.44 bits per heavy atom. The summed E-state index contributed by atoms with van der Waals surface area (Å²) >= 11 is 5.56. The largest absolute Gasteiger partial charge is 0.480 e. The van der Waals surface area contributed by atoms with E-state index in [4.69, 9.17) is 16.7 Å². The number of nitrogens with zero attached hydrogens (tertiary/aromatic N) is 1. The van der Waals surface area contributed by atoms with Crippen LogP contribution in [-0.2, 0) is 4.79 Å². The van der Waals surface area contributed by atoms with E-state index in [1.165, 1.54) is 7.05 Å². The van der Waals surface area contributed by atoms with Gasteiger partial charge in [0.05, 0.1) is 10.7 Å². The summed E-state index contributed by atoms with van der Waals surface area (Å²) in [7, 11) is 1.21. The highest BCUT2D eigenvalue weighted by molar-refractivity contribution is 6.33. The summed E-state index contributed by atoms with van der Waals surface area (Å²) in [6.07, 6.45) is 0. The number of rotatable bonds is 3. The van der Waals surface area contributed by atoms with Crippen LogP contribution in [0, 0.1) is 11.6 Å². The minimum absolute atomic E-state index is 0.315. The minimum Gasteiger partial charge on any atom is -0.480 e. The fourth-order valence-corrected chi connectivity index (χ4v) is 1.38. The lowest BCUT2D eigenvalue weighted by Crippen LogP contribution is -2.35. The van der Waals surface area contributed by atoms with Crippen molar-refractivity contribution in [2.24, 2.45) is 0 Å². The average Bonchev–Trinajstić information content (AvgIpc) is 2.21. The van der Waals surface area contributed by atoms with E-state index in [9.17, 15) is 18.4 Å². The van der Waals surface area contributed by atoms with Crippen LogP contribution in [0.4, 0.5) is 19.3 Å². The Kier molecular flexibility index (Phi) is 4.43. The van der Waals surface area contributed by atoms with Gasteiger partial charge in [-0.05, 0) is 6.07 Å². The van der Waals surface area contributed by atoms with Crippen molar-refractivity contribution in [1.82, 2.24) is 4.90 Å². The molecule has 0 fully saturated rings. The van der Waals surface area contributed by atoms with Gasteiger partial charge < -0.3 is 15.3 Å². The minimum atomic E-state index is -1.22. The zero-order valence-electron chi connectivity index (χ0n) is 9.21. The summed E-state index contributed by atoms with van der Waals surface area (Å²) < 4.78 is 26.1. The number of halogens is 3. The van der Waals surface area contributed by atoms with Gasteiger partial charge in [0, 0.05) is 13.1 Å². The first-order chi connectivity index (χ1) is 8.31. The molecule has 0 unspecified atom stereocenters. The molecule has 1 rings (SSSR count). The summed E-state index contributed by atoms with van der Waals surface area (Å²) in [6, 6.07) is 0.515. The number of urea groups is 1. The predicted molar refractivity (Wildman–Crippen MR) is 60.7 cm³/mol. The third kappa shape index (κ3) is 3.56. The number of benzene rings is 1. The molecule has 18 heavy (non-hydrogen) atoms. The molecule has 98 valence electrons. The summed E-state index contributed by atoms with van der Waals surface area (Å²) in [6.45, 7) is -0.563. The quantitative estimate of drug-likeness (QED) is 0.890. The highest BCUT2D eigenvalue weighted by Crippen LogP contribution is 2.26. The Hall–Kier alpha value is -1.89. The normalized spacial score (nSPS) is 10.0. The van der Waals surface area contributed by atoms with Crippen LogP contribution in [0.2, 0.25) is 5.02 Å². The van der Waals surface area contributed by atoms with Crippen molar-refractivity contribution in [3.05, 3.63) is 28.8 Å². The van der Waals surface area contributed by atoms with Crippen molar-refractivity contribution < 1.29 is 23.5 Å². The van der Waals surface area contributed by atoms with Crippen LogP contribution >= 0.6 is 11.6 Å². The van der Waals surface area contributed by atoms with Gasteiger partial charge >= 0.3 is 12.0 Å². The lowest BCUT2D eigenvalue weighted by atomic mass is 10.3. The molecule has 0 bridgehead atoms. The Morgan fingerprint density at radius 2 is 2.06 bits per heavy atom. The number of carbonyl (C=O) groups is 2. The molecule has 8 heteroatoms. The molecule has 0 aromatic heterocycles. The molecule has 0 aliphatic heterocycles. The van der Waals surface area contributed by atoms with E-state index in [-0.39, 0.29) is 5.02 Å². The predicted octanol–water partition coefficient (Wildman–Crippen LogP) is 2.17. The molecule has 1 aromatic carbocycles. The van der Waals surface area contributed by atoms with Crippen LogP contribution in [0.1, 0.15) is 0 Å². The number of hydrogen-bond acceptors (Lipinski definition) is 2. The van der Waals surface area contributed by atoms with E-state index in [1.807, 2.05) is 0 Å². The second-order valence-electron chi connectivity index (χ2n) is 3.42. The molecule has 0 saturated carbocycles. The molecule has 0 spiro atoms. The standard InChI is InChI=1S/C10H9ClF2N2O3/c1-15(4-8(16)17)10(18)14-9-6(11)2-5(12)3-7(9)13/h2-3H,4H2,1H3,(H,14,18)(H,16,17). The number of likely N-dealkylation sites (N-methyl/N-ethyl adjacent to an activating group) is 1. The molecule has 0 aliphatic carbocycles. The van der Waals surface area contributed by atoms with Crippen molar-refractivity contribution in [2.45, 2.75) is 0 Å². The van der Waals surface area contributed by atoms with Gasteiger partial charge in [0.15, 0.2) is 5.82 Å². The fraction of sp³-hybridized carbons (Fsp3) is 0.200. The molecular weight excluding hydrogens is 270 g/mol. The number of nitrogens with one attached hydrogen (secondary N) is 1. The maximum Gasteiger partial charge on any atom is 0.323 e. The maximum atomic E-state index is 13.3. The molecule has 2 amide bonds. The van der Waals surface area contributed by atoms with Crippen LogP contribution in [0.5, 0.6) is 0 Å². The zero-order valence-corrected chi connectivity index (χ0v) is 9.96. The van der Waals surface area contributed by atoms with Crippen molar-refractivity contribution in [3.63, 3.8) is 0 Å². The van der Waals surface area contributed by atoms with Crippen molar-refractivity contribution in [1.29, 1.82) is 0 Å². The molecular formula is C10H9ClF2N2O3. The molecule has 0 atom stereocenters. The van der Waals surface area contributed by atoms with Gasteiger partial charge in [0.2, 0.25) is 0 Å². The molecule has 0 heterocycles. The first-order valence-corrected chi connectivity index (χ1v) is 5.07. The Morgan fingerprint density at radius 3 is 2.56 bits per heavy atom. The lowest BCUT2D eigenvalue weighted by molar-refractivity contribution is -0.137. The van der Waals surface area contributed by atoms with E-state index in [0.717, 1.165) is 11.0 Å². The van der Waals surface area contributed by atoms with Crippen LogP contribution in [-0.4, -0.2) is 35.6 Å². The lowest BCUT2D eigenvalue weighted by Gasteiger charge is -2.16. The first-order valence-electron chi connectivity index (χ1n) is 4.69. The monoisotopic (exact) mass is 278 g/mol. The van der Waals surface area contributed by atoms with E-state index >= 15 is 0 Å². The maximum absolute atomic E-state index is 13.3. The van der Waals surface area contributed by atoms with E-state index in [0.29, 0.717) is 6.07 Å². The Labute approximate surface area is 106 Å². The van der Waals surface area contributed by atoms with Crippen LogP contribution in [0.15, 0.2) is 12.1 Å². The number of hydrogen-bond donors (Lipinski definition) is 2. The average molecular weight is 279 g/mol. The molecule has 0 saturated heterocycles. The van der Waals surface area contributed by atoms with Crippen LogP contribution in [0.3, 0.4) is 0 Å². The van der Waals surface area contributed by atoms with Crippen LogP contribution in [0.25, 0.3) is 0 Å². The Bertz CT molecular complexity index is 473. The topological polar surface area (TPSA) is 69.6 Å². The van der Waals surface area contributed by atoms with E-state index < -0.39 is 35.9 Å². The van der Waals surface area contributed by atoms with Gasteiger partial charge in [0.1, 0.15) is 12.4 Å². The van der Waals surface area contributed by atoms with E-state index in [2.05, 4.69) is 5.32 Å². The number of carbonyl (C=O) groups excluding carboxylic acids is 1. The fourth-order valence-electron chi connectivity index (χ4n) is 1.14. The van der Waals surface area contributed by atoms with Gasteiger partial charge in [0.25, 0.3) is 0 Å². The summed E-state index contributed by atoms with van der Waals surface area (Å²) in [4.78, 5) is 22.7. The van der Waals surface area contributed by atoms with Crippen molar-refractivity contribution in [2.75, 3.05) is 18.9 Å². The number of carboxylic acids is 1. The number of aliphatic carboxylic acids is 1. The Balaban J connectivity index is 2.85. The van der Waals surface area contributed by atoms with Gasteiger partial charge in [-0.2, -0.15) is 0 Å². The molecule has 2 N–H and O–H groups in total. The van der Waals surface area contributed by atoms with Gasteiger partial charge in [-0.1, -0.05) is 11.6 Å². The first kappa shape index (κ1) is 14.2. The second-order valence-corrected chi connectivity index (χ2v) is 3.83. The number of carboxylic acid groups (broad SMARTS) is 1. The number of anilines is 1. The SMILES string of the molecule is CN(CC(=O)O)C(=O)Nc1c(F)cc(F)cc1Cl. The van der Waals surface area contributed by atoms with Gasteiger partial charge in [-0.3, -0.25) is 4.79 Å². The number of amides is 2. The zero-order chi connectivity index (χ0) is 13.9. The van der Waals surface area contributed by atoms with E-state index in [1.54, 1.807) is 0 Å². The summed E-state index contributed by atoms with van der Waals surface area (Å²) in [5, 5.41) is 10.2. The van der Waals surface area contributed by atoms with Crippen molar-refractivity contribution >= 4 is 29.3 Å². The van der Waals surface area contributed by atoms with Gasteiger partial charge in [-0.25, -0.2) is 13.6 Å². The summed E-state index contributed by atoms with van der Waals surface area (Å²) in [5.41, 5.74) is -0.402.